The van der Waals surface area contributed by atoms with E-state index in [0.29, 0.717) is 24.5 Å². The molecule has 0 bridgehead atoms. The van der Waals surface area contributed by atoms with Gasteiger partial charge in [-0.2, -0.15) is 0 Å². The van der Waals surface area contributed by atoms with Crippen molar-refractivity contribution < 1.29 is 9.21 Å². The maximum Gasteiger partial charge on any atom is 0.276 e. The molecular weight excluding hydrogens is 326 g/mol. The van der Waals surface area contributed by atoms with E-state index in [4.69, 9.17) is 4.42 Å². The van der Waals surface area contributed by atoms with Crippen molar-refractivity contribution >= 4 is 11.6 Å². The molecule has 5 nitrogen and oxygen atoms in total. The number of rotatable bonds is 3. The average Bonchev–Trinajstić information content (AvgIpc) is 3.18. The zero-order chi connectivity index (χ0) is 17.9. The molecular formula is C21H21N3O2. The van der Waals surface area contributed by atoms with Crippen molar-refractivity contribution in [1.29, 1.82) is 0 Å². The second-order valence-corrected chi connectivity index (χ2v) is 6.51. The van der Waals surface area contributed by atoms with Gasteiger partial charge in [0.05, 0.1) is 0 Å². The number of carbonyl (C=O) groups excluding carboxylic acids is 1. The minimum absolute atomic E-state index is 0.0681. The lowest BCUT2D eigenvalue weighted by molar-refractivity contribution is 0.0742. The molecule has 0 unspecified atom stereocenters. The van der Waals surface area contributed by atoms with Crippen LogP contribution in [0.5, 0.6) is 0 Å². The van der Waals surface area contributed by atoms with E-state index in [1.165, 1.54) is 17.6 Å². The third-order valence-corrected chi connectivity index (χ3v) is 4.74. The molecule has 0 saturated carbocycles. The average molecular weight is 347 g/mol. The molecule has 2 heterocycles. The molecule has 0 N–H and O–H groups in total. The zero-order valence-corrected chi connectivity index (χ0v) is 14.8. The number of aryl methyl sites for hydroxylation is 1. The molecule has 1 aliphatic heterocycles. The summed E-state index contributed by atoms with van der Waals surface area (Å²) in [6, 6.07) is 18.1. The van der Waals surface area contributed by atoms with Gasteiger partial charge in [-0.15, -0.1) is 0 Å². The zero-order valence-electron chi connectivity index (χ0n) is 14.8. The van der Waals surface area contributed by atoms with Gasteiger partial charge < -0.3 is 14.2 Å². The number of carbonyl (C=O) groups is 1. The van der Waals surface area contributed by atoms with Gasteiger partial charge in [-0.05, 0) is 24.6 Å². The summed E-state index contributed by atoms with van der Waals surface area (Å²) in [6.07, 6.45) is 1.35. The van der Waals surface area contributed by atoms with E-state index in [9.17, 15) is 4.79 Å². The Labute approximate surface area is 152 Å². The Morgan fingerprint density at radius 2 is 1.77 bits per heavy atom. The number of hydrogen-bond acceptors (Lipinski definition) is 4. The fourth-order valence-electron chi connectivity index (χ4n) is 3.34. The molecule has 1 fully saturated rings. The Morgan fingerprint density at radius 3 is 2.50 bits per heavy atom. The van der Waals surface area contributed by atoms with Crippen molar-refractivity contribution in [3.05, 3.63) is 72.2 Å². The van der Waals surface area contributed by atoms with Gasteiger partial charge in [-0.1, -0.05) is 42.5 Å². The minimum atomic E-state index is -0.0681. The van der Waals surface area contributed by atoms with Gasteiger partial charge in [-0.25, -0.2) is 4.98 Å². The molecule has 1 aliphatic rings. The summed E-state index contributed by atoms with van der Waals surface area (Å²) in [5.41, 5.74) is 3.71. The molecule has 0 radical (unpaired) electrons. The smallest absolute Gasteiger partial charge is 0.276 e. The second kappa shape index (κ2) is 7.04. The van der Waals surface area contributed by atoms with Crippen LogP contribution in [-0.4, -0.2) is 42.0 Å². The van der Waals surface area contributed by atoms with Gasteiger partial charge in [0, 0.05) is 37.4 Å². The van der Waals surface area contributed by atoms with E-state index in [0.717, 1.165) is 18.7 Å². The molecule has 4 rings (SSSR count). The van der Waals surface area contributed by atoms with Crippen LogP contribution in [0.15, 0.2) is 65.4 Å². The molecule has 26 heavy (non-hydrogen) atoms. The van der Waals surface area contributed by atoms with Crippen LogP contribution in [-0.2, 0) is 0 Å². The standard InChI is InChI=1S/C21H21N3O2/c1-16-6-5-9-18(14-16)23-10-12-24(13-11-23)21(25)19-20(26-15-22-19)17-7-3-2-4-8-17/h2-9,14-15H,10-13H2,1H3. The van der Waals surface area contributed by atoms with Gasteiger partial charge in [0.15, 0.2) is 17.8 Å². The summed E-state index contributed by atoms with van der Waals surface area (Å²) >= 11 is 0. The molecule has 5 heteroatoms. The number of aromatic nitrogens is 1. The van der Waals surface area contributed by atoms with Crippen molar-refractivity contribution in [2.24, 2.45) is 0 Å². The number of piperazine rings is 1. The van der Waals surface area contributed by atoms with Crippen LogP contribution in [0.4, 0.5) is 5.69 Å². The van der Waals surface area contributed by atoms with Crippen LogP contribution in [0, 0.1) is 6.92 Å². The first-order valence-electron chi connectivity index (χ1n) is 8.82. The number of amides is 1. The third-order valence-electron chi connectivity index (χ3n) is 4.74. The monoisotopic (exact) mass is 347 g/mol. The maximum atomic E-state index is 12.9. The Hall–Kier alpha value is -3.08. The topological polar surface area (TPSA) is 49.6 Å². The van der Waals surface area contributed by atoms with Crippen LogP contribution < -0.4 is 4.90 Å². The summed E-state index contributed by atoms with van der Waals surface area (Å²) in [5, 5.41) is 0. The Balaban J connectivity index is 1.47. The van der Waals surface area contributed by atoms with Crippen molar-refractivity contribution in [1.82, 2.24) is 9.88 Å². The lowest BCUT2D eigenvalue weighted by atomic mass is 10.1. The Morgan fingerprint density at radius 1 is 1.00 bits per heavy atom. The van der Waals surface area contributed by atoms with Crippen LogP contribution in [0.25, 0.3) is 11.3 Å². The summed E-state index contributed by atoms with van der Waals surface area (Å²) in [6.45, 7) is 5.07. The number of nitrogens with zero attached hydrogens (tertiary/aromatic N) is 3. The van der Waals surface area contributed by atoms with E-state index >= 15 is 0 Å². The van der Waals surface area contributed by atoms with E-state index in [2.05, 4.69) is 41.1 Å². The molecule has 3 aromatic rings. The molecule has 1 amide bonds. The highest BCUT2D eigenvalue weighted by atomic mass is 16.3. The van der Waals surface area contributed by atoms with Crippen molar-refractivity contribution in [2.75, 3.05) is 31.1 Å². The van der Waals surface area contributed by atoms with Crippen molar-refractivity contribution in [2.45, 2.75) is 6.92 Å². The quantitative estimate of drug-likeness (QED) is 0.726. The molecule has 0 aliphatic carbocycles. The largest absolute Gasteiger partial charge is 0.443 e. The summed E-state index contributed by atoms with van der Waals surface area (Å²) < 4.78 is 5.50. The van der Waals surface area contributed by atoms with E-state index in [1.807, 2.05) is 35.2 Å². The first kappa shape index (κ1) is 16.4. The summed E-state index contributed by atoms with van der Waals surface area (Å²) in [4.78, 5) is 21.3. The number of benzene rings is 2. The van der Waals surface area contributed by atoms with E-state index < -0.39 is 0 Å². The van der Waals surface area contributed by atoms with Gasteiger partial charge in [0.2, 0.25) is 0 Å². The molecule has 1 saturated heterocycles. The number of hydrogen-bond donors (Lipinski definition) is 0. The van der Waals surface area contributed by atoms with E-state index in [1.54, 1.807) is 0 Å². The molecule has 2 aromatic carbocycles. The number of anilines is 1. The second-order valence-electron chi connectivity index (χ2n) is 6.51. The van der Waals surface area contributed by atoms with E-state index in [-0.39, 0.29) is 5.91 Å². The molecule has 0 spiro atoms. The molecule has 0 atom stereocenters. The highest BCUT2D eigenvalue weighted by molar-refractivity contribution is 5.97. The normalized spacial score (nSPS) is 14.5. The predicted molar refractivity (Wildman–Crippen MR) is 101 cm³/mol. The summed E-state index contributed by atoms with van der Waals surface area (Å²) in [7, 11) is 0. The number of oxazole rings is 1. The maximum absolute atomic E-state index is 12.9. The van der Waals surface area contributed by atoms with Crippen LogP contribution in [0.1, 0.15) is 16.1 Å². The van der Waals surface area contributed by atoms with Crippen LogP contribution >= 0.6 is 0 Å². The van der Waals surface area contributed by atoms with Crippen LogP contribution in [0.3, 0.4) is 0 Å². The highest BCUT2D eigenvalue weighted by Crippen LogP contribution is 2.25. The van der Waals surface area contributed by atoms with Crippen molar-refractivity contribution in [3.63, 3.8) is 0 Å². The minimum Gasteiger partial charge on any atom is -0.443 e. The highest BCUT2D eigenvalue weighted by Gasteiger charge is 2.27. The molecule has 1 aromatic heterocycles. The van der Waals surface area contributed by atoms with Gasteiger partial charge >= 0.3 is 0 Å². The Bertz CT molecular complexity index is 896. The van der Waals surface area contributed by atoms with Crippen molar-refractivity contribution in [3.8, 4) is 11.3 Å². The van der Waals surface area contributed by atoms with Crippen LogP contribution in [0.2, 0.25) is 0 Å². The Kier molecular flexibility index (Phi) is 4.44. The lowest BCUT2D eigenvalue weighted by Gasteiger charge is -2.36. The first-order chi connectivity index (χ1) is 12.7. The van der Waals surface area contributed by atoms with Gasteiger partial charge in [-0.3, -0.25) is 4.79 Å². The SMILES string of the molecule is Cc1cccc(N2CCN(C(=O)c3ncoc3-c3ccccc3)CC2)c1. The van der Waals surface area contributed by atoms with Gasteiger partial charge in [0.1, 0.15) is 0 Å². The molecule has 132 valence electrons. The lowest BCUT2D eigenvalue weighted by Crippen LogP contribution is -2.49. The fraction of sp³-hybridized carbons (Fsp3) is 0.238. The third kappa shape index (κ3) is 3.20. The predicted octanol–water partition coefficient (Wildman–Crippen LogP) is 3.61. The van der Waals surface area contributed by atoms with Gasteiger partial charge in [0.25, 0.3) is 5.91 Å². The summed E-state index contributed by atoms with van der Waals surface area (Å²) in [5.74, 6) is 0.471. The fourth-order valence-corrected chi connectivity index (χ4v) is 3.34. The first-order valence-corrected chi connectivity index (χ1v) is 8.82.